The molecule has 2 fully saturated rings. The summed E-state index contributed by atoms with van der Waals surface area (Å²) in [4.78, 5) is 24.7. The molecule has 1 amide bonds. The number of hydrogen-bond donors (Lipinski definition) is 0. The Balaban J connectivity index is 2.19. The van der Waals surface area contributed by atoms with E-state index < -0.39 is 10.4 Å². The Kier molecular flexibility index (Phi) is 2.51. The first-order valence-electron chi connectivity index (χ1n) is 5.09. The van der Waals surface area contributed by atoms with E-state index in [1.54, 1.807) is 11.8 Å². The van der Waals surface area contributed by atoms with Gasteiger partial charge in [0.2, 0.25) is 5.91 Å². The lowest BCUT2D eigenvalue weighted by atomic mass is 10.1. The number of nitrogens with zero attached hydrogens (tertiary/aromatic N) is 1. The molecule has 1 saturated carbocycles. The second kappa shape index (κ2) is 3.36. The van der Waals surface area contributed by atoms with Gasteiger partial charge in [-0.05, 0) is 6.92 Å². The molecule has 0 spiro atoms. The van der Waals surface area contributed by atoms with Gasteiger partial charge in [-0.15, -0.1) is 23.2 Å². The number of hydrogen-bond acceptors (Lipinski definition) is 2. The lowest BCUT2D eigenvalue weighted by Crippen LogP contribution is -2.44. The maximum atomic E-state index is 11.6. The molecule has 0 aromatic carbocycles. The molecule has 0 aromatic rings. The van der Waals surface area contributed by atoms with Gasteiger partial charge in [-0.3, -0.25) is 9.59 Å². The Morgan fingerprint density at radius 3 is 2.53 bits per heavy atom. The number of fused-ring (bicyclic) bond motifs is 1. The highest BCUT2D eigenvalue weighted by atomic mass is 35.5. The van der Waals surface area contributed by atoms with E-state index in [1.807, 2.05) is 0 Å². The molecular weight excluding hydrogens is 237 g/mol. The molecule has 2 rings (SSSR count). The maximum absolute atomic E-state index is 11.6. The van der Waals surface area contributed by atoms with E-state index in [0.717, 1.165) is 0 Å². The zero-order valence-electron chi connectivity index (χ0n) is 8.67. The molecule has 0 N–H and O–H groups in total. The minimum atomic E-state index is -0.791. The summed E-state index contributed by atoms with van der Waals surface area (Å²) in [6.45, 7) is 3.80. The number of likely N-dealkylation sites (tertiary alicyclic amines) is 1. The van der Waals surface area contributed by atoms with Gasteiger partial charge in [0, 0.05) is 24.8 Å². The second-order valence-electron chi connectivity index (χ2n) is 4.26. The molecule has 0 radical (unpaired) electrons. The van der Waals surface area contributed by atoms with E-state index in [1.165, 1.54) is 6.92 Å². The number of ketones is 1. The van der Waals surface area contributed by atoms with Gasteiger partial charge in [-0.1, -0.05) is 6.92 Å². The number of carbonyl (C=O) groups excluding carboxylic acids is 2. The molecule has 5 heteroatoms. The number of amides is 1. The number of piperidine rings is 1. The van der Waals surface area contributed by atoms with E-state index in [0.29, 0.717) is 13.0 Å². The van der Waals surface area contributed by atoms with Crippen molar-refractivity contribution in [1.82, 2.24) is 4.90 Å². The standard InChI is InChI=1S/C10H13Cl2NO2/c1-3-7(15)13-4-6-8(10(6,11)12)9(13)5(2)14/h6,8-9H,3-4H2,1-2H3/t6-,8-,9?/m0/s1. The van der Waals surface area contributed by atoms with Crippen LogP contribution >= 0.6 is 23.2 Å². The third kappa shape index (κ3) is 1.48. The highest BCUT2D eigenvalue weighted by Crippen LogP contribution is 2.65. The van der Waals surface area contributed by atoms with Crippen molar-refractivity contribution in [2.24, 2.45) is 11.8 Å². The number of rotatable bonds is 2. The predicted octanol–water partition coefficient (Wildman–Crippen LogP) is 1.62. The van der Waals surface area contributed by atoms with Crippen LogP contribution in [0.3, 0.4) is 0 Å². The van der Waals surface area contributed by atoms with Crippen molar-refractivity contribution in [3.05, 3.63) is 0 Å². The molecule has 15 heavy (non-hydrogen) atoms. The molecule has 1 unspecified atom stereocenters. The maximum Gasteiger partial charge on any atom is 0.222 e. The third-order valence-corrected chi connectivity index (χ3v) is 4.44. The summed E-state index contributed by atoms with van der Waals surface area (Å²) in [6.07, 6.45) is 0.417. The van der Waals surface area contributed by atoms with E-state index in [4.69, 9.17) is 23.2 Å². The molecule has 0 aromatic heterocycles. The van der Waals surface area contributed by atoms with Crippen molar-refractivity contribution in [3.8, 4) is 0 Å². The van der Waals surface area contributed by atoms with E-state index in [2.05, 4.69) is 0 Å². The van der Waals surface area contributed by atoms with Crippen molar-refractivity contribution in [2.75, 3.05) is 6.54 Å². The van der Waals surface area contributed by atoms with Gasteiger partial charge in [0.05, 0.1) is 6.04 Å². The molecule has 0 bridgehead atoms. The average Bonchev–Trinajstić information content (AvgIpc) is 2.60. The van der Waals surface area contributed by atoms with Gasteiger partial charge in [0.25, 0.3) is 0 Å². The molecular formula is C10H13Cl2NO2. The first-order chi connectivity index (χ1) is 6.91. The van der Waals surface area contributed by atoms with Gasteiger partial charge in [-0.25, -0.2) is 0 Å². The first-order valence-corrected chi connectivity index (χ1v) is 5.84. The van der Waals surface area contributed by atoms with Crippen LogP contribution in [0.4, 0.5) is 0 Å². The van der Waals surface area contributed by atoms with Crippen molar-refractivity contribution >= 4 is 34.9 Å². The molecule has 84 valence electrons. The molecule has 1 aliphatic carbocycles. The lowest BCUT2D eigenvalue weighted by molar-refractivity contribution is -0.137. The SMILES string of the molecule is CCC(=O)N1C[C@H]2[C@@H](C1C(C)=O)C2(Cl)Cl. The monoisotopic (exact) mass is 249 g/mol. The first kappa shape index (κ1) is 11.2. The van der Waals surface area contributed by atoms with Crippen molar-refractivity contribution < 1.29 is 9.59 Å². The third-order valence-electron chi connectivity index (χ3n) is 3.37. The molecule has 2 aliphatic rings. The normalized spacial score (nSPS) is 36.3. The molecule has 1 aliphatic heterocycles. The second-order valence-corrected chi connectivity index (χ2v) is 5.71. The summed E-state index contributed by atoms with van der Waals surface area (Å²) in [5.41, 5.74) is 0. The van der Waals surface area contributed by atoms with Crippen LogP contribution in [0.15, 0.2) is 0 Å². The quantitative estimate of drug-likeness (QED) is 0.698. The summed E-state index contributed by atoms with van der Waals surface area (Å²) < 4.78 is -0.791. The van der Waals surface area contributed by atoms with Crippen molar-refractivity contribution in [3.63, 3.8) is 0 Å². The molecule has 1 saturated heterocycles. The molecule has 3 nitrogen and oxygen atoms in total. The van der Waals surface area contributed by atoms with Crippen LogP contribution in [-0.4, -0.2) is 33.5 Å². The summed E-state index contributed by atoms with van der Waals surface area (Å²) in [5, 5.41) is 0. The zero-order valence-corrected chi connectivity index (χ0v) is 10.2. The van der Waals surface area contributed by atoms with Crippen LogP contribution in [0.25, 0.3) is 0 Å². The van der Waals surface area contributed by atoms with Gasteiger partial charge < -0.3 is 4.90 Å². The van der Waals surface area contributed by atoms with Crippen LogP contribution in [0.2, 0.25) is 0 Å². The van der Waals surface area contributed by atoms with Crippen LogP contribution in [0.5, 0.6) is 0 Å². The Morgan fingerprint density at radius 2 is 2.07 bits per heavy atom. The Bertz CT molecular complexity index is 329. The fraction of sp³-hybridized carbons (Fsp3) is 0.800. The summed E-state index contributed by atoms with van der Waals surface area (Å²) in [5.74, 6) is -0.00178. The molecule has 3 atom stereocenters. The summed E-state index contributed by atoms with van der Waals surface area (Å²) in [6, 6.07) is -0.405. The van der Waals surface area contributed by atoms with Gasteiger partial charge >= 0.3 is 0 Å². The van der Waals surface area contributed by atoms with Gasteiger partial charge in [0.1, 0.15) is 4.33 Å². The summed E-state index contributed by atoms with van der Waals surface area (Å²) in [7, 11) is 0. The number of alkyl halides is 2. The highest BCUT2D eigenvalue weighted by molar-refractivity contribution is 6.51. The minimum Gasteiger partial charge on any atom is -0.332 e. The minimum absolute atomic E-state index is 0.00605. The van der Waals surface area contributed by atoms with Crippen molar-refractivity contribution in [1.29, 1.82) is 0 Å². The number of halogens is 2. The average molecular weight is 250 g/mol. The number of carbonyl (C=O) groups is 2. The highest BCUT2D eigenvalue weighted by Gasteiger charge is 2.72. The fourth-order valence-electron chi connectivity index (χ4n) is 2.53. The van der Waals surface area contributed by atoms with E-state index >= 15 is 0 Å². The number of Topliss-reactive ketones (excluding diaryl/α,β-unsaturated/α-hetero) is 1. The van der Waals surface area contributed by atoms with Crippen LogP contribution in [0, 0.1) is 11.8 Å². The van der Waals surface area contributed by atoms with Gasteiger partial charge in [0.15, 0.2) is 5.78 Å². The smallest absolute Gasteiger partial charge is 0.222 e. The Labute approximate surface area is 98.7 Å². The van der Waals surface area contributed by atoms with Crippen LogP contribution < -0.4 is 0 Å². The fourth-order valence-corrected chi connectivity index (χ4v) is 3.36. The Morgan fingerprint density at radius 1 is 1.47 bits per heavy atom. The molecule has 1 heterocycles. The van der Waals surface area contributed by atoms with E-state index in [9.17, 15) is 9.59 Å². The van der Waals surface area contributed by atoms with Crippen LogP contribution in [-0.2, 0) is 9.59 Å². The predicted molar refractivity (Wildman–Crippen MR) is 57.9 cm³/mol. The van der Waals surface area contributed by atoms with Crippen molar-refractivity contribution in [2.45, 2.75) is 30.6 Å². The topological polar surface area (TPSA) is 37.4 Å². The lowest BCUT2D eigenvalue weighted by Gasteiger charge is -2.27. The zero-order chi connectivity index (χ0) is 11.4. The Hall–Kier alpha value is -0.280. The summed E-state index contributed by atoms with van der Waals surface area (Å²) >= 11 is 12.1. The largest absolute Gasteiger partial charge is 0.332 e. The van der Waals surface area contributed by atoms with Crippen LogP contribution in [0.1, 0.15) is 20.3 Å². The van der Waals surface area contributed by atoms with Gasteiger partial charge in [-0.2, -0.15) is 0 Å². The van der Waals surface area contributed by atoms with E-state index in [-0.39, 0.29) is 23.5 Å².